The van der Waals surface area contributed by atoms with E-state index in [9.17, 15) is 0 Å². The summed E-state index contributed by atoms with van der Waals surface area (Å²) >= 11 is 0. The highest BCUT2D eigenvalue weighted by Gasteiger charge is 2.27. The molecule has 1 aromatic rings. The third-order valence-electron chi connectivity index (χ3n) is 3.27. The van der Waals surface area contributed by atoms with Crippen LogP contribution in [0.5, 0.6) is 0 Å². The highest BCUT2D eigenvalue weighted by Crippen LogP contribution is 2.32. The lowest BCUT2D eigenvalue weighted by Crippen LogP contribution is -2.29. The van der Waals surface area contributed by atoms with Gasteiger partial charge in [0.25, 0.3) is 0 Å². The van der Waals surface area contributed by atoms with Crippen molar-refractivity contribution in [2.24, 2.45) is 5.92 Å². The molecule has 2 heteroatoms. The first-order valence-corrected chi connectivity index (χ1v) is 5.92. The van der Waals surface area contributed by atoms with Gasteiger partial charge < -0.3 is 4.74 Å². The van der Waals surface area contributed by atoms with E-state index in [0.717, 1.165) is 0 Å². The van der Waals surface area contributed by atoms with E-state index in [4.69, 9.17) is 10.00 Å². The fourth-order valence-corrected chi connectivity index (χ4v) is 2.04. The second kappa shape index (κ2) is 5.67. The summed E-state index contributed by atoms with van der Waals surface area (Å²) in [5.74, 6) is 0.614. The van der Waals surface area contributed by atoms with E-state index in [1.807, 2.05) is 18.2 Å². The number of hydrogen-bond donors (Lipinski definition) is 0. The fraction of sp³-hybridized carbons (Fsp3) is 0.500. The van der Waals surface area contributed by atoms with Crippen molar-refractivity contribution in [2.75, 3.05) is 0 Å². The molecule has 0 unspecified atom stereocenters. The smallest absolute Gasteiger partial charge is 0.0737 e. The van der Waals surface area contributed by atoms with E-state index in [0.29, 0.717) is 18.9 Å². The minimum absolute atomic E-state index is 0.138. The topological polar surface area (TPSA) is 33.0 Å². The van der Waals surface area contributed by atoms with Crippen molar-refractivity contribution in [3.63, 3.8) is 0 Å². The van der Waals surface area contributed by atoms with E-state index in [2.05, 4.69) is 18.2 Å². The third kappa shape index (κ3) is 2.84. The highest BCUT2D eigenvalue weighted by molar-refractivity contribution is 5.13. The lowest BCUT2D eigenvalue weighted by atomic mass is 9.80. The molecule has 0 heterocycles. The van der Waals surface area contributed by atoms with Gasteiger partial charge in [0.15, 0.2) is 0 Å². The SMILES string of the molecule is N#CC[C@H](OCc1ccccc1)C1CCC1. The lowest BCUT2D eigenvalue weighted by Gasteiger charge is -2.32. The van der Waals surface area contributed by atoms with Crippen LogP contribution < -0.4 is 0 Å². The summed E-state index contributed by atoms with van der Waals surface area (Å²) in [6.45, 7) is 0.629. The van der Waals surface area contributed by atoms with Crippen LogP contribution in [0.4, 0.5) is 0 Å². The van der Waals surface area contributed by atoms with Crippen molar-refractivity contribution < 1.29 is 4.74 Å². The first kappa shape index (κ1) is 11.2. The average Bonchev–Trinajstić information content (AvgIpc) is 2.25. The van der Waals surface area contributed by atoms with Crippen LogP contribution in [0, 0.1) is 17.2 Å². The monoisotopic (exact) mass is 215 g/mol. The molecule has 1 aromatic carbocycles. The van der Waals surface area contributed by atoms with Crippen LogP contribution in [0.3, 0.4) is 0 Å². The molecule has 0 aromatic heterocycles. The maximum Gasteiger partial charge on any atom is 0.0737 e. The molecule has 1 atom stereocenters. The molecule has 1 fully saturated rings. The van der Waals surface area contributed by atoms with Crippen molar-refractivity contribution >= 4 is 0 Å². The molecule has 1 aliphatic carbocycles. The Hall–Kier alpha value is -1.33. The summed E-state index contributed by atoms with van der Waals surface area (Å²) in [5.41, 5.74) is 1.18. The van der Waals surface area contributed by atoms with Crippen molar-refractivity contribution in [1.29, 1.82) is 5.26 Å². The normalized spacial score (nSPS) is 17.4. The van der Waals surface area contributed by atoms with Crippen LogP contribution in [0.15, 0.2) is 30.3 Å². The molecule has 1 saturated carbocycles. The minimum Gasteiger partial charge on any atom is -0.372 e. The van der Waals surface area contributed by atoms with Gasteiger partial charge in [-0.1, -0.05) is 36.8 Å². The number of benzene rings is 1. The molecule has 0 saturated heterocycles. The number of rotatable bonds is 5. The Morgan fingerprint density at radius 1 is 1.31 bits per heavy atom. The van der Waals surface area contributed by atoms with Crippen molar-refractivity contribution in [2.45, 2.75) is 38.4 Å². The number of nitrogens with zero attached hydrogens (tertiary/aromatic N) is 1. The Balaban J connectivity index is 1.84. The Bertz CT molecular complexity index is 351. The standard InChI is InChI=1S/C14H17NO/c15-10-9-14(13-7-4-8-13)16-11-12-5-2-1-3-6-12/h1-3,5-6,13-14H,4,7-9,11H2/t14-/m0/s1. The molecular formula is C14H17NO. The Morgan fingerprint density at radius 2 is 2.06 bits per heavy atom. The molecule has 0 radical (unpaired) electrons. The molecule has 0 bridgehead atoms. The summed E-state index contributed by atoms with van der Waals surface area (Å²) in [6.07, 6.45) is 4.40. The van der Waals surface area contributed by atoms with E-state index in [1.165, 1.54) is 24.8 Å². The molecule has 0 spiro atoms. The van der Waals surface area contributed by atoms with Gasteiger partial charge in [0.05, 0.1) is 25.2 Å². The Morgan fingerprint density at radius 3 is 2.62 bits per heavy atom. The molecule has 1 aliphatic rings. The first-order valence-electron chi connectivity index (χ1n) is 5.92. The fourth-order valence-electron chi connectivity index (χ4n) is 2.04. The minimum atomic E-state index is 0.138. The summed E-state index contributed by atoms with van der Waals surface area (Å²) in [4.78, 5) is 0. The molecule has 0 N–H and O–H groups in total. The van der Waals surface area contributed by atoms with Gasteiger partial charge in [-0.2, -0.15) is 5.26 Å². The first-order chi connectivity index (χ1) is 7.90. The lowest BCUT2D eigenvalue weighted by molar-refractivity contribution is -0.0205. The number of hydrogen-bond acceptors (Lipinski definition) is 2. The Labute approximate surface area is 96.9 Å². The van der Waals surface area contributed by atoms with Crippen LogP contribution in [-0.4, -0.2) is 6.10 Å². The maximum absolute atomic E-state index is 8.77. The molecule has 0 aliphatic heterocycles. The third-order valence-corrected chi connectivity index (χ3v) is 3.27. The second-order valence-electron chi connectivity index (χ2n) is 4.39. The van der Waals surface area contributed by atoms with E-state index in [1.54, 1.807) is 0 Å². The zero-order valence-electron chi connectivity index (χ0n) is 9.43. The van der Waals surface area contributed by atoms with E-state index in [-0.39, 0.29) is 6.10 Å². The molecule has 16 heavy (non-hydrogen) atoms. The van der Waals surface area contributed by atoms with Crippen LogP contribution in [0.2, 0.25) is 0 Å². The van der Waals surface area contributed by atoms with Crippen molar-refractivity contribution in [3.05, 3.63) is 35.9 Å². The van der Waals surface area contributed by atoms with Gasteiger partial charge >= 0.3 is 0 Å². The van der Waals surface area contributed by atoms with Crippen LogP contribution in [0.25, 0.3) is 0 Å². The predicted molar refractivity (Wildman–Crippen MR) is 62.6 cm³/mol. The molecule has 84 valence electrons. The molecule has 2 rings (SSSR count). The Kier molecular flexibility index (Phi) is 3.96. The number of nitriles is 1. The zero-order chi connectivity index (χ0) is 11.2. The quantitative estimate of drug-likeness (QED) is 0.755. The van der Waals surface area contributed by atoms with Gasteiger partial charge in [-0.25, -0.2) is 0 Å². The molecule has 0 amide bonds. The van der Waals surface area contributed by atoms with Crippen molar-refractivity contribution in [3.8, 4) is 6.07 Å². The van der Waals surface area contributed by atoms with E-state index < -0.39 is 0 Å². The summed E-state index contributed by atoms with van der Waals surface area (Å²) < 4.78 is 5.85. The van der Waals surface area contributed by atoms with E-state index >= 15 is 0 Å². The largest absolute Gasteiger partial charge is 0.372 e. The summed E-state index contributed by atoms with van der Waals surface area (Å²) in [7, 11) is 0. The zero-order valence-corrected chi connectivity index (χ0v) is 9.43. The highest BCUT2D eigenvalue weighted by atomic mass is 16.5. The van der Waals surface area contributed by atoms with Gasteiger partial charge in [0.2, 0.25) is 0 Å². The van der Waals surface area contributed by atoms with Crippen LogP contribution >= 0.6 is 0 Å². The summed E-state index contributed by atoms with van der Waals surface area (Å²) in [6, 6.07) is 12.4. The molecule has 2 nitrogen and oxygen atoms in total. The van der Waals surface area contributed by atoms with Gasteiger partial charge in [-0.3, -0.25) is 0 Å². The predicted octanol–water partition coefficient (Wildman–Crippen LogP) is 3.29. The second-order valence-corrected chi connectivity index (χ2v) is 4.39. The van der Waals surface area contributed by atoms with Gasteiger partial charge in [0, 0.05) is 0 Å². The maximum atomic E-state index is 8.77. The van der Waals surface area contributed by atoms with Crippen LogP contribution in [0.1, 0.15) is 31.2 Å². The number of ether oxygens (including phenoxy) is 1. The van der Waals surface area contributed by atoms with Gasteiger partial charge in [-0.15, -0.1) is 0 Å². The van der Waals surface area contributed by atoms with Crippen LogP contribution in [-0.2, 0) is 11.3 Å². The van der Waals surface area contributed by atoms with Crippen molar-refractivity contribution in [1.82, 2.24) is 0 Å². The molecular weight excluding hydrogens is 198 g/mol. The summed E-state index contributed by atoms with van der Waals surface area (Å²) in [5, 5.41) is 8.77. The van der Waals surface area contributed by atoms with Gasteiger partial charge in [-0.05, 0) is 24.3 Å². The van der Waals surface area contributed by atoms with Gasteiger partial charge in [0.1, 0.15) is 0 Å². The average molecular weight is 215 g/mol.